The Morgan fingerprint density at radius 1 is 1.60 bits per heavy atom. The second-order valence-electron chi connectivity index (χ2n) is 4.56. The summed E-state index contributed by atoms with van der Waals surface area (Å²) >= 11 is 0. The first-order valence-electron chi connectivity index (χ1n) is 5.55. The monoisotopic (exact) mass is 214 g/mol. The molecule has 0 aromatic heterocycles. The van der Waals surface area contributed by atoms with Crippen molar-refractivity contribution in [1.29, 1.82) is 0 Å². The first kappa shape index (κ1) is 12.5. The molecule has 2 N–H and O–H groups in total. The third-order valence-corrected chi connectivity index (χ3v) is 2.98. The molecule has 0 spiro atoms. The van der Waals surface area contributed by atoms with E-state index >= 15 is 0 Å². The summed E-state index contributed by atoms with van der Waals surface area (Å²) in [6.07, 6.45) is 2.40. The van der Waals surface area contributed by atoms with Crippen LogP contribution in [0.1, 0.15) is 19.8 Å². The molecule has 1 saturated carbocycles. The van der Waals surface area contributed by atoms with Crippen molar-refractivity contribution in [2.24, 2.45) is 17.6 Å². The lowest BCUT2D eigenvalue weighted by Gasteiger charge is -2.24. The largest absolute Gasteiger partial charge is 0.383 e. The zero-order valence-electron chi connectivity index (χ0n) is 9.90. The van der Waals surface area contributed by atoms with E-state index in [0.717, 1.165) is 0 Å². The van der Waals surface area contributed by atoms with Crippen molar-refractivity contribution in [2.75, 3.05) is 27.3 Å². The molecule has 0 radical (unpaired) electrons. The topological polar surface area (TPSA) is 55.6 Å². The first-order chi connectivity index (χ1) is 7.06. The van der Waals surface area contributed by atoms with E-state index in [0.29, 0.717) is 19.1 Å². The Morgan fingerprint density at radius 3 is 2.67 bits per heavy atom. The van der Waals surface area contributed by atoms with Crippen molar-refractivity contribution < 1.29 is 9.53 Å². The number of hydrogen-bond acceptors (Lipinski definition) is 3. The normalized spacial score (nSPS) is 19.7. The predicted octanol–water partition coefficient (Wildman–Crippen LogP) is 0.465. The summed E-state index contributed by atoms with van der Waals surface area (Å²) in [5.74, 6) is 0.979. The summed E-state index contributed by atoms with van der Waals surface area (Å²) in [5.41, 5.74) is 5.80. The quantitative estimate of drug-likeness (QED) is 0.699. The van der Waals surface area contributed by atoms with Gasteiger partial charge in [0.25, 0.3) is 0 Å². The average Bonchev–Trinajstić information content (AvgIpc) is 2.99. The number of hydrogen-bond donors (Lipinski definition) is 1. The zero-order valence-corrected chi connectivity index (χ0v) is 9.90. The fourth-order valence-electron chi connectivity index (χ4n) is 1.85. The Balaban J connectivity index is 2.31. The molecule has 2 atom stereocenters. The van der Waals surface area contributed by atoms with Crippen LogP contribution in [-0.4, -0.2) is 44.2 Å². The molecule has 1 fully saturated rings. The van der Waals surface area contributed by atoms with E-state index in [1.54, 1.807) is 12.0 Å². The summed E-state index contributed by atoms with van der Waals surface area (Å²) < 4.78 is 4.94. The van der Waals surface area contributed by atoms with Gasteiger partial charge in [0.15, 0.2) is 0 Å². The molecule has 1 rings (SSSR count). The Kier molecular flexibility index (Phi) is 4.54. The molecule has 2 unspecified atom stereocenters. The zero-order chi connectivity index (χ0) is 11.4. The molecule has 0 aromatic carbocycles. The van der Waals surface area contributed by atoms with Gasteiger partial charge in [0.2, 0.25) is 5.91 Å². The number of carbonyl (C=O) groups is 1. The van der Waals surface area contributed by atoms with Crippen molar-refractivity contribution in [3.63, 3.8) is 0 Å². The summed E-state index contributed by atoms with van der Waals surface area (Å²) in [6, 6.07) is -0.0876. The number of ether oxygens (including phenoxy) is 1. The molecule has 1 aliphatic rings. The molecule has 88 valence electrons. The van der Waals surface area contributed by atoms with Gasteiger partial charge in [0.05, 0.1) is 6.61 Å². The predicted molar refractivity (Wildman–Crippen MR) is 59.4 cm³/mol. The number of methoxy groups -OCH3 is 1. The minimum absolute atomic E-state index is 0.0876. The van der Waals surface area contributed by atoms with Gasteiger partial charge in [-0.25, -0.2) is 0 Å². The van der Waals surface area contributed by atoms with Crippen LogP contribution in [0.15, 0.2) is 0 Å². The van der Waals surface area contributed by atoms with Gasteiger partial charge >= 0.3 is 0 Å². The van der Waals surface area contributed by atoms with Gasteiger partial charge < -0.3 is 15.4 Å². The lowest BCUT2D eigenvalue weighted by atomic mass is 10.1. The minimum Gasteiger partial charge on any atom is -0.383 e. The van der Waals surface area contributed by atoms with E-state index in [1.165, 1.54) is 12.8 Å². The molecule has 4 heteroatoms. The van der Waals surface area contributed by atoms with Gasteiger partial charge in [-0.2, -0.15) is 0 Å². The third-order valence-electron chi connectivity index (χ3n) is 2.98. The van der Waals surface area contributed by atoms with Crippen molar-refractivity contribution >= 4 is 5.91 Å². The molecular formula is C11H22N2O2. The van der Waals surface area contributed by atoms with E-state index < -0.39 is 0 Å². The van der Waals surface area contributed by atoms with Crippen molar-refractivity contribution in [3.05, 3.63) is 0 Å². The highest BCUT2D eigenvalue weighted by Crippen LogP contribution is 2.37. The van der Waals surface area contributed by atoms with Crippen LogP contribution >= 0.6 is 0 Å². The first-order valence-corrected chi connectivity index (χ1v) is 5.55. The lowest BCUT2D eigenvalue weighted by Crippen LogP contribution is -2.43. The van der Waals surface area contributed by atoms with E-state index in [-0.39, 0.29) is 17.9 Å². The summed E-state index contributed by atoms with van der Waals surface area (Å²) in [6.45, 7) is 3.08. The smallest absolute Gasteiger partial charge is 0.225 e. The van der Waals surface area contributed by atoms with Crippen LogP contribution in [0.2, 0.25) is 0 Å². The van der Waals surface area contributed by atoms with Gasteiger partial charge in [-0.1, -0.05) is 6.92 Å². The van der Waals surface area contributed by atoms with Crippen LogP contribution in [0.5, 0.6) is 0 Å². The molecule has 4 nitrogen and oxygen atoms in total. The Bertz CT molecular complexity index is 217. The van der Waals surface area contributed by atoms with Crippen LogP contribution < -0.4 is 5.73 Å². The van der Waals surface area contributed by atoms with Gasteiger partial charge in [0.1, 0.15) is 0 Å². The molecule has 0 aromatic rings. The van der Waals surface area contributed by atoms with Crippen molar-refractivity contribution in [1.82, 2.24) is 4.90 Å². The highest BCUT2D eigenvalue weighted by Gasteiger charge is 2.34. The molecule has 1 aliphatic carbocycles. The van der Waals surface area contributed by atoms with Gasteiger partial charge in [-0.3, -0.25) is 4.79 Å². The van der Waals surface area contributed by atoms with Crippen LogP contribution in [0.4, 0.5) is 0 Å². The summed E-state index contributed by atoms with van der Waals surface area (Å²) in [7, 11) is 3.44. The van der Waals surface area contributed by atoms with Crippen LogP contribution in [-0.2, 0) is 9.53 Å². The van der Waals surface area contributed by atoms with E-state index in [9.17, 15) is 4.79 Å². The average molecular weight is 214 g/mol. The number of amides is 1. The standard InChI is InChI=1S/C11H22N2O2/c1-8(9-4-5-9)11(14)13(2)6-10(12)7-15-3/h8-10H,4-7,12H2,1-3H3. The van der Waals surface area contributed by atoms with Crippen LogP contribution in [0.25, 0.3) is 0 Å². The van der Waals surface area contributed by atoms with Gasteiger partial charge in [-0.05, 0) is 18.8 Å². The minimum atomic E-state index is -0.0876. The fourth-order valence-corrected chi connectivity index (χ4v) is 1.85. The van der Waals surface area contributed by atoms with Crippen molar-refractivity contribution in [2.45, 2.75) is 25.8 Å². The van der Waals surface area contributed by atoms with Gasteiger partial charge in [-0.15, -0.1) is 0 Å². The lowest BCUT2D eigenvalue weighted by molar-refractivity contribution is -0.134. The highest BCUT2D eigenvalue weighted by atomic mass is 16.5. The molecule has 0 bridgehead atoms. The number of likely N-dealkylation sites (N-methyl/N-ethyl adjacent to an activating group) is 1. The maximum Gasteiger partial charge on any atom is 0.225 e. The maximum absolute atomic E-state index is 11.9. The SMILES string of the molecule is COCC(N)CN(C)C(=O)C(C)C1CC1. The second kappa shape index (κ2) is 5.47. The summed E-state index contributed by atoms with van der Waals surface area (Å²) in [5, 5.41) is 0. The molecule has 0 saturated heterocycles. The second-order valence-corrected chi connectivity index (χ2v) is 4.56. The van der Waals surface area contributed by atoms with E-state index in [1.807, 2.05) is 14.0 Å². The molecule has 1 amide bonds. The van der Waals surface area contributed by atoms with E-state index in [2.05, 4.69) is 0 Å². The van der Waals surface area contributed by atoms with Crippen molar-refractivity contribution in [3.8, 4) is 0 Å². The molecule has 0 heterocycles. The van der Waals surface area contributed by atoms with Gasteiger partial charge in [0, 0.05) is 32.7 Å². The van der Waals surface area contributed by atoms with Crippen LogP contribution in [0, 0.1) is 11.8 Å². The number of nitrogens with two attached hydrogens (primary N) is 1. The third kappa shape index (κ3) is 3.80. The molecule has 15 heavy (non-hydrogen) atoms. The Labute approximate surface area is 91.8 Å². The molecule has 0 aliphatic heterocycles. The molecular weight excluding hydrogens is 192 g/mol. The number of nitrogens with zero attached hydrogens (tertiary/aromatic N) is 1. The number of rotatable bonds is 6. The van der Waals surface area contributed by atoms with E-state index in [4.69, 9.17) is 10.5 Å². The fraction of sp³-hybridized carbons (Fsp3) is 0.909. The summed E-state index contributed by atoms with van der Waals surface area (Å²) in [4.78, 5) is 13.6. The number of carbonyl (C=O) groups excluding carboxylic acids is 1. The maximum atomic E-state index is 11.9. The Hall–Kier alpha value is -0.610. The Morgan fingerprint density at radius 2 is 2.20 bits per heavy atom. The highest BCUT2D eigenvalue weighted by molar-refractivity contribution is 5.78. The van der Waals surface area contributed by atoms with Crippen LogP contribution in [0.3, 0.4) is 0 Å².